The third-order valence-corrected chi connectivity index (χ3v) is 4.74. The lowest BCUT2D eigenvalue weighted by molar-refractivity contribution is -0.116. The van der Waals surface area contributed by atoms with Crippen LogP contribution in [0.15, 0.2) is 63.8 Å². The molecule has 0 radical (unpaired) electrons. The normalized spacial score (nSPS) is 14.0. The molecule has 0 aliphatic carbocycles. The van der Waals surface area contributed by atoms with Gasteiger partial charge in [-0.3, -0.25) is 9.69 Å². The molecular weight excluding hydrogens is 382 g/mol. The number of halogens is 1. The smallest absolute Gasteiger partial charge is 0.360 e. The number of urea groups is 1. The first-order valence-corrected chi connectivity index (χ1v) is 9.04. The Balaban J connectivity index is 1.44. The summed E-state index contributed by atoms with van der Waals surface area (Å²) >= 11 is 5.88. The van der Waals surface area contributed by atoms with Crippen molar-refractivity contribution in [1.29, 1.82) is 0 Å². The average Bonchev–Trinajstić information content (AvgIpc) is 3.03. The van der Waals surface area contributed by atoms with Crippen molar-refractivity contribution < 1.29 is 14.0 Å². The fraction of sp³-hybridized carbons (Fsp3) is 0.150. The first-order valence-electron chi connectivity index (χ1n) is 8.66. The van der Waals surface area contributed by atoms with E-state index in [1.165, 1.54) is 4.90 Å². The summed E-state index contributed by atoms with van der Waals surface area (Å²) in [6.07, 6.45) is 0. The minimum atomic E-state index is -0.636. The maximum Gasteiger partial charge on any atom is 0.360 e. The van der Waals surface area contributed by atoms with Crippen LogP contribution in [0, 0.1) is 0 Å². The fourth-order valence-corrected chi connectivity index (χ4v) is 3.23. The number of hydrogen-bond acceptors (Lipinski definition) is 4. The molecular formula is C20H16ClN3O4. The molecule has 2 aromatic carbocycles. The molecule has 0 bridgehead atoms. The molecule has 1 aliphatic heterocycles. The van der Waals surface area contributed by atoms with E-state index in [0.29, 0.717) is 34.8 Å². The Morgan fingerprint density at radius 2 is 1.82 bits per heavy atom. The van der Waals surface area contributed by atoms with Crippen molar-refractivity contribution in [3.63, 3.8) is 0 Å². The van der Waals surface area contributed by atoms with Crippen molar-refractivity contribution >= 4 is 45.9 Å². The molecule has 3 amide bonds. The summed E-state index contributed by atoms with van der Waals surface area (Å²) in [5.74, 6) is -0.464. The van der Waals surface area contributed by atoms with Crippen molar-refractivity contribution in [3.8, 4) is 0 Å². The number of nitrogens with zero attached hydrogens (tertiary/aromatic N) is 2. The Bertz CT molecular complexity index is 1110. The minimum absolute atomic E-state index is 0.0462. The summed E-state index contributed by atoms with van der Waals surface area (Å²) in [7, 11) is 0. The number of amides is 3. The number of rotatable bonds is 4. The van der Waals surface area contributed by atoms with Crippen LogP contribution in [0.5, 0.6) is 0 Å². The van der Waals surface area contributed by atoms with E-state index in [-0.39, 0.29) is 18.3 Å². The number of fused-ring (bicyclic) bond motifs is 1. The van der Waals surface area contributed by atoms with Gasteiger partial charge in [-0.2, -0.15) is 0 Å². The molecule has 1 fully saturated rings. The van der Waals surface area contributed by atoms with Gasteiger partial charge in [0.2, 0.25) is 5.91 Å². The van der Waals surface area contributed by atoms with Crippen LogP contribution < -0.4 is 15.8 Å². The van der Waals surface area contributed by atoms with E-state index in [0.717, 1.165) is 0 Å². The van der Waals surface area contributed by atoms with Gasteiger partial charge in [-0.05, 0) is 36.4 Å². The number of carbonyl (C=O) groups is 2. The topological polar surface area (TPSA) is 82.9 Å². The second-order valence-corrected chi connectivity index (χ2v) is 6.80. The third kappa shape index (κ3) is 3.57. The number of nitrogens with one attached hydrogen (secondary N) is 1. The molecule has 2 heterocycles. The van der Waals surface area contributed by atoms with Gasteiger partial charge in [-0.15, -0.1) is 0 Å². The third-order valence-electron chi connectivity index (χ3n) is 4.48. The van der Waals surface area contributed by atoms with Gasteiger partial charge in [0.15, 0.2) is 0 Å². The van der Waals surface area contributed by atoms with E-state index in [1.807, 2.05) is 6.07 Å². The van der Waals surface area contributed by atoms with Gasteiger partial charge in [-0.25, -0.2) is 9.59 Å². The van der Waals surface area contributed by atoms with Crippen LogP contribution >= 0.6 is 11.6 Å². The summed E-state index contributed by atoms with van der Waals surface area (Å²) in [4.78, 5) is 40.0. The first-order chi connectivity index (χ1) is 13.5. The van der Waals surface area contributed by atoms with Crippen molar-refractivity contribution in [3.05, 3.63) is 70.0 Å². The zero-order chi connectivity index (χ0) is 19.7. The molecule has 0 atom stereocenters. The number of anilines is 2. The van der Waals surface area contributed by atoms with Crippen molar-refractivity contribution in [1.82, 2.24) is 4.90 Å². The van der Waals surface area contributed by atoms with Crippen LogP contribution in [0.25, 0.3) is 11.0 Å². The molecule has 1 aliphatic rings. The first kappa shape index (κ1) is 18.1. The highest BCUT2D eigenvalue weighted by atomic mass is 35.5. The minimum Gasteiger partial charge on any atom is -0.421 e. The highest BCUT2D eigenvalue weighted by molar-refractivity contribution is 6.30. The summed E-state index contributed by atoms with van der Waals surface area (Å²) in [5, 5.41) is 3.82. The number of carbonyl (C=O) groups excluding carboxylic acids is 2. The highest BCUT2D eigenvalue weighted by Crippen LogP contribution is 2.22. The quantitative estimate of drug-likeness (QED) is 0.684. The van der Waals surface area contributed by atoms with Crippen LogP contribution in [0.4, 0.5) is 16.2 Å². The molecule has 1 N–H and O–H groups in total. The zero-order valence-electron chi connectivity index (χ0n) is 14.7. The average molecular weight is 398 g/mol. The maximum absolute atomic E-state index is 12.6. The molecule has 7 nitrogen and oxygen atoms in total. The monoisotopic (exact) mass is 397 g/mol. The molecule has 8 heteroatoms. The van der Waals surface area contributed by atoms with Crippen LogP contribution in [-0.2, 0) is 4.79 Å². The maximum atomic E-state index is 12.6. The van der Waals surface area contributed by atoms with E-state index in [9.17, 15) is 14.4 Å². The second-order valence-electron chi connectivity index (χ2n) is 6.37. The van der Waals surface area contributed by atoms with Crippen molar-refractivity contribution in [2.75, 3.05) is 29.9 Å². The Hall–Kier alpha value is -3.32. The van der Waals surface area contributed by atoms with Crippen molar-refractivity contribution in [2.45, 2.75) is 0 Å². The summed E-state index contributed by atoms with van der Waals surface area (Å²) in [6.45, 7) is 0.711. The van der Waals surface area contributed by atoms with Gasteiger partial charge in [-0.1, -0.05) is 29.8 Å². The standard InChI is InChI=1S/C20H16ClN3O4/c21-14-5-7-15(8-6-14)24-10-9-23(20(24)27)12-18(25)22-16-11-13-3-1-2-4-17(13)28-19(16)26/h1-8,11H,9-10,12H2,(H,22,25). The van der Waals surface area contributed by atoms with Crippen molar-refractivity contribution in [2.24, 2.45) is 0 Å². The molecule has 3 aromatic rings. The lowest BCUT2D eigenvalue weighted by Gasteiger charge is -2.18. The van der Waals surface area contributed by atoms with Gasteiger partial charge in [0.05, 0.1) is 0 Å². The van der Waals surface area contributed by atoms with E-state index < -0.39 is 11.5 Å². The predicted octanol–water partition coefficient (Wildman–Crippen LogP) is 3.33. The fourth-order valence-electron chi connectivity index (χ4n) is 3.10. The summed E-state index contributed by atoms with van der Waals surface area (Å²) < 4.78 is 5.20. The Morgan fingerprint density at radius 3 is 2.61 bits per heavy atom. The molecule has 28 heavy (non-hydrogen) atoms. The highest BCUT2D eigenvalue weighted by Gasteiger charge is 2.31. The lowest BCUT2D eigenvalue weighted by Crippen LogP contribution is -2.37. The van der Waals surface area contributed by atoms with Crippen LogP contribution in [0.1, 0.15) is 0 Å². The molecule has 0 saturated carbocycles. The predicted molar refractivity (Wildman–Crippen MR) is 107 cm³/mol. The zero-order valence-corrected chi connectivity index (χ0v) is 15.5. The van der Waals surface area contributed by atoms with Gasteiger partial charge in [0, 0.05) is 29.2 Å². The molecule has 0 spiro atoms. The Labute approximate surface area is 165 Å². The van der Waals surface area contributed by atoms with Gasteiger partial charge >= 0.3 is 11.7 Å². The molecule has 0 unspecified atom stereocenters. The van der Waals surface area contributed by atoms with E-state index in [4.69, 9.17) is 16.0 Å². The van der Waals surface area contributed by atoms with Gasteiger partial charge in [0.1, 0.15) is 17.8 Å². The number of para-hydroxylation sites is 1. The Kier molecular flexibility index (Phi) is 4.75. The molecule has 4 rings (SSSR count). The van der Waals surface area contributed by atoms with Crippen LogP contribution in [0.2, 0.25) is 5.02 Å². The second kappa shape index (κ2) is 7.36. The van der Waals surface area contributed by atoms with Crippen LogP contribution in [-0.4, -0.2) is 36.5 Å². The molecule has 142 valence electrons. The Morgan fingerprint density at radius 1 is 1.07 bits per heavy atom. The number of benzene rings is 2. The summed E-state index contributed by atoms with van der Waals surface area (Å²) in [6, 6.07) is 15.2. The van der Waals surface area contributed by atoms with E-state index >= 15 is 0 Å². The van der Waals surface area contributed by atoms with E-state index in [2.05, 4.69) is 5.32 Å². The largest absolute Gasteiger partial charge is 0.421 e. The summed E-state index contributed by atoms with van der Waals surface area (Å²) in [5.41, 5.74) is 0.568. The SMILES string of the molecule is O=C(CN1CCN(c2ccc(Cl)cc2)C1=O)Nc1cc2ccccc2oc1=O. The lowest BCUT2D eigenvalue weighted by atomic mass is 10.2. The van der Waals surface area contributed by atoms with E-state index in [1.54, 1.807) is 53.4 Å². The molecule has 1 aromatic heterocycles. The van der Waals surface area contributed by atoms with Crippen LogP contribution in [0.3, 0.4) is 0 Å². The number of hydrogen-bond donors (Lipinski definition) is 1. The van der Waals surface area contributed by atoms with Gasteiger partial charge in [0.25, 0.3) is 0 Å². The molecule has 1 saturated heterocycles. The van der Waals surface area contributed by atoms with Gasteiger partial charge < -0.3 is 14.6 Å².